The molecule has 0 radical (unpaired) electrons. The molecule has 0 saturated heterocycles. The molecule has 2 aromatic carbocycles. The van der Waals surface area contributed by atoms with E-state index in [9.17, 15) is 14.9 Å². The first kappa shape index (κ1) is 20.4. The average Bonchev–Trinajstić information content (AvgIpc) is 3.17. The number of nitrogens with zero attached hydrogens (tertiary/aromatic N) is 2. The Kier molecular flexibility index (Phi) is 5.89. The lowest BCUT2D eigenvalue weighted by molar-refractivity contribution is -0.384. The fourth-order valence-corrected chi connectivity index (χ4v) is 3.23. The van der Waals surface area contributed by atoms with E-state index in [1.165, 1.54) is 23.1 Å². The minimum atomic E-state index is -0.527. The lowest BCUT2D eigenvalue weighted by Gasteiger charge is -2.18. The highest BCUT2D eigenvalue weighted by Gasteiger charge is 2.20. The van der Waals surface area contributed by atoms with Crippen molar-refractivity contribution in [1.82, 2.24) is 4.90 Å². The predicted octanol–water partition coefficient (Wildman–Crippen LogP) is 5.10. The van der Waals surface area contributed by atoms with Crippen molar-refractivity contribution in [2.45, 2.75) is 13.5 Å². The fourth-order valence-electron chi connectivity index (χ4n) is 2.96. The Hall–Kier alpha value is -3.32. The van der Waals surface area contributed by atoms with E-state index in [1.807, 2.05) is 25.1 Å². The van der Waals surface area contributed by atoms with Gasteiger partial charge in [0.15, 0.2) is 5.76 Å². The highest BCUT2D eigenvalue weighted by molar-refractivity contribution is 6.33. The first-order chi connectivity index (χ1) is 13.8. The number of benzene rings is 2. The van der Waals surface area contributed by atoms with Crippen LogP contribution in [0.2, 0.25) is 5.02 Å². The Bertz CT molecular complexity index is 1080. The molecule has 150 valence electrons. The summed E-state index contributed by atoms with van der Waals surface area (Å²) in [6, 6.07) is 13.0. The Morgan fingerprint density at radius 2 is 1.97 bits per heavy atom. The molecule has 0 N–H and O–H groups in total. The number of aryl methyl sites for hydroxylation is 1. The summed E-state index contributed by atoms with van der Waals surface area (Å²) < 4.78 is 11.0. The number of amides is 1. The van der Waals surface area contributed by atoms with E-state index >= 15 is 0 Å². The Morgan fingerprint density at radius 1 is 1.21 bits per heavy atom. The summed E-state index contributed by atoms with van der Waals surface area (Å²) in [4.78, 5) is 24.6. The van der Waals surface area contributed by atoms with Gasteiger partial charge in [-0.1, -0.05) is 29.3 Å². The minimum absolute atomic E-state index is 0.117. The maximum atomic E-state index is 12.8. The second-order valence-corrected chi connectivity index (χ2v) is 6.97. The first-order valence-electron chi connectivity index (χ1n) is 8.73. The number of carbonyl (C=O) groups excluding carboxylic acids is 1. The molecular formula is C21H19ClN2O5. The summed E-state index contributed by atoms with van der Waals surface area (Å²) in [5, 5.41) is 11.0. The van der Waals surface area contributed by atoms with Crippen LogP contribution in [-0.4, -0.2) is 29.9 Å². The van der Waals surface area contributed by atoms with Gasteiger partial charge < -0.3 is 14.1 Å². The van der Waals surface area contributed by atoms with Crippen molar-refractivity contribution in [1.29, 1.82) is 0 Å². The molecule has 29 heavy (non-hydrogen) atoms. The van der Waals surface area contributed by atoms with E-state index in [4.69, 9.17) is 20.8 Å². The number of furan rings is 1. The molecule has 0 aliphatic heterocycles. The summed E-state index contributed by atoms with van der Waals surface area (Å²) in [6.07, 6.45) is 0. The molecule has 8 heteroatoms. The number of rotatable bonds is 6. The first-order valence-corrected chi connectivity index (χ1v) is 9.11. The van der Waals surface area contributed by atoms with Gasteiger partial charge in [0, 0.05) is 36.9 Å². The molecule has 1 amide bonds. The van der Waals surface area contributed by atoms with E-state index in [0.29, 0.717) is 23.6 Å². The quantitative estimate of drug-likeness (QED) is 0.414. The van der Waals surface area contributed by atoms with E-state index in [0.717, 1.165) is 11.1 Å². The highest BCUT2D eigenvalue weighted by Crippen LogP contribution is 2.32. The molecule has 0 bridgehead atoms. The molecule has 1 aromatic heterocycles. The monoisotopic (exact) mass is 414 g/mol. The smallest absolute Gasteiger partial charge is 0.289 e. The van der Waals surface area contributed by atoms with Gasteiger partial charge in [0.25, 0.3) is 11.6 Å². The SMILES string of the molecule is COc1ccc(C)cc1CN(C)C(=O)c1ccc(-c2ccc([N+](=O)[O-])cc2Cl)o1. The molecule has 0 saturated carbocycles. The normalized spacial score (nSPS) is 10.6. The number of ether oxygens (including phenoxy) is 1. The molecule has 0 fully saturated rings. The van der Waals surface area contributed by atoms with E-state index in [1.54, 1.807) is 26.3 Å². The van der Waals surface area contributed by atoms with Crippen LogP contribution in [0.15, 0.2) is 52.9 Å². The van der Waals surface area contributed by atoms with Gasteiger partial charge in [-0.05, 0) is 31.2 Å². The molecule has 0 atom stereocenters. The van der Waals surface area contributed by atoms with Crippen LogP contribution < -0.4 is 4.74 Å². The Labute approximate surface area is 172 Å². The van der Waals surface area contributed by atoms with Gasteiger partial charge >= 0.3 is 0 Å². The number of hydrogen-bond acceptors (Lipinski definition) is 5. The lowest BCUT2D eigenvalue weighted by atomic mass is 10.1. The second-order valence-electron chi connectivity index (χ2n) is 6.56. The third kappa shape index (κ3) is 4.41. The number of nitro benzene ring substituents is 1. The van der Waals surface area contributed by atoms with E-state index < -0.39 is 4.92 Å². The second kappa shape index (κ2) is 8.36. The summed E-state index contributed by atoms with van der Waals surface area (Å²) in [7, 11) is 3.26. The molecule has 0 unspecified atom stereocenters. The zero-order valence-corrected chi connectivity index (χ0v) is 16.9. The zero-order chi connectivity index (χ0) is 21.1. The minimum Gasteiger partial charge on any atom is -0.496 e. The molecule has 1 heterocycles. The van der Waals surface area contributed by atoms with Gasteiger partial charge in [0.2, 0.25) is 0 Å². The maximum Gasteiger partial charge on any atom is 0.289 e. The highest BCUT2D eigenvalue weighted by atomic mass is 35.5. The van der Waals surface area contributed by atoms with Crippen LogP contribution in [0, 0.1) is 17.0 Å². The van der Waals surface area contributed by atoms with Gasteiger partial charge in [-0.15, -0.1) is 0 Å². The standard InChI is InChI=1S/C21H19ClN2O5/c1-13-4-7-18(28-3)14(10-13)12-23(2)21(25)20-9-8-19(29-20)16-6-5-15(24(26)27)11-17(16)22/h4-11H,12H2,1-3H3. The summed E-state index contributed by atoms with van der Waals surface area (Å²) in [5.74, 6) is 0.893. The molecule has 0 spiro atoms. The van der Waals surface area contributed by atoms with Gasteiger partial charge in [-0.3, -0.25) is 14.9 Å². The maximum absolute atomic E-state index is 12.8. The van der Waals surface area contributed by atoms with Crippen LogP contribution >= 0.6 is 11.6 Å². The lowest BCUT2D eigenvalue weighted by Crippen LogP contribution is -2.26. The van der Waals surface area contributed by atoms with Crippen molar-refractivity contribution in [3.63, 3.8) is 0 Å². The third-order valence-electron chi connectivity index (χ3n) is 4.44. The van der Waals surface area contributed by atoms with Crippen LogP contribution in [0.1, 0.15) is 21.7 Å². The van der Waals surface area contributed by atoms with Crippen molar-refractivity contribution >= 4 is 23.2 Å². The number of non-ortho nitro benzene ring substituents is 1. The largest absolute Gasteiger partial charge is 0.496 e. The Morgan fingerprint density at radius 3 is 2.62 bits per heavy atom. The number of halogens is 1. The topological polar surface area (TPSA) is 85.8 Å². The van der Waals surface area contributed by atoms with Crippen LogP contribution in [0.5, 0.6) is 5.75 Å². The van der Waals surface area contributed by atoms with E-state index in [2.05, 4.69) is 0 Å². The van der Waals surface area contributed by atoms with Crippen LogP contribution in [0.3, 0.4) is 0 Å². The zero-order valence-electron chi connectivity index (χ0n) is 16.1. The van der Waals surface area contributed by atoms with Crippen LogP contribution in [-0.2, 0) is 6.54 Å². The molecule has 3 aromatic rings. The summed E-state index contributed by atoms with van der Waals surface area (Å²) in [5.41, 5.74) is 2.30. The number of hydrogen-bond donors (Lipinski definition) is 0. The van der Waals surface area contributed by atoms with Crippen molar-refractivity contribution in [3.05, 3.63) is 80.6 Å². The third-order valence-corrected chi connectivity index (χ3v) is 4.75. The van der Waals surface area contributed by atoms with Crippen LogP contribution in [0.25, 0.3) is 11.3 Å². The summed E-state index contributed by atoms with van der Waals surface area (Å²) >= 11 is 6.14. The van der Waals surface area contributed by atoms with Gasteiger partial charge in [0.05, 0.1) is 17.1 Å². The molecule has 0 aliphatic rings. The van der Waals surface area contributed by atoms with E-state index in [-0.39, 0.29) is 22.4 Å². The van der Waals surface area contributed by atoms with Gasteiger partial charge in [0.1, 0.15) is 11.5 Å². The average molecular weight is 415 g/mol. The van der Waals surface area contributed by atoms with Gasteiger partial charge in [-0.2, -0.15) is 0 Å². The van der Waals surface area contributed by atoms with Gasteiger partial charge in [-0.25, -0.2) is 0 Å². The molecule has 0 aliphatic carbocycles. The number of nitro groups is 1. The van der Waals surface area contributed by atoms with Crippen molar-refractivity contribution in [2.24, 2.45) is 0 Å². The number of methoxy groups -OCH3 is 1. The molecular weight excluding hydrogens is 396 g/mol. The van der Waals surface area contributed by atoms with Crippen molar-refractivity contribution < 1.29 is 18.9 Å². The fraction of sp³-hybridized carbons (Fsp3) is 0.190. The predicted molar refractivity (Wildman–Crippen MR) is 109 cm³/mol. The Balaban J connectivity index is 1.80. The van der Waals surface area contributed by atoms with Crippen LogP contribution in [0.4, 0.5) is 5.69 Å². The summed E-state index contributed by atoms with van der Waals surface area (Å²) in [6.45, 7) is 2.31. The molecule has 3 rings (SSSR count). The van der Waals surface area contributed by atoms with Crippen molar-refractivity contribution in [3.8, 4) is 17.1 Å². The van der Waals surface area contributed by atoms with Crippen molar-refractivity contribution in [2.75, 3.05) is 14.2 Å². The number of carbonyl (C=O) groups is 1. The molecule has 7 nitrogen and oxygen atoms in total.